The van der Waals surface area contributed by atoms with Crippen LogP contribution in [0.4, 0.5) is 5.69 Å². The number of amides is 1. The van der Waals surface area contributed by atoms with Gasteiger partial charge >= 0.3 is 0 Å². The third-order valence-corrected chi connectivity index (χ3v) is 2.16. The van der Waals surface area contributed by atoms with Crippen LogP contribution in [0.25, 0.3) is 0 Å². The molecule has 0 heterocycles. The number of anilines is 1. The lowest BCUT2D eigenvalue weighted by molar-refractivity contribution is -0.112. The summed E-state index contributed by atoms with van der Waals surface area (Å²) in [5.41, 5.74) is 1.62. The van der Waals surface area contributed by atoms with E-state index in [0.717, 1.165) is 5.56 Å². The monoisotopic (exact) mass is 235 g/mol. The molecule has 0 spiro atoms. The topological polar surface area (TPSA) is 47.6 Å². The molecule has 0 aliphatic rings. The minimum absolute atomic E-state index is 0.248. The molecule has 0 aliphatic carbocycles. The van der Waals surface area contributed by atoms with Crippen LogP contribution in [0.15, 0.2) is 30.5 Å². The molecule has 0 unspecified atom stereocenters. The van der Waals surface area contributed by atoms with Gasteiger partial charge in [0.05, 0.1) is 25.7 Å². The Morgan fingerprint density at radius 2 is 2.24 bits per heavy atom. The van der Waals surface area contributed by atoms with Gasteiger partial charge in [0.1, 0.15) is 5.75 Å². The Morgan fingerprint density at radius 3 is 2.88 bits per heavy atom. The fraction of sp³-hybridized carbons (Fsp3) is 0.308. The lowest BCUT2D eigenvalue weighted by Crippen LogP contribution is -2.09. The van der Waals surface area contributed by atoms with Crippen LogP contribution in [-0.4, -0.2) is 19.6 Å². The van der Waals surface area contributed by atoms with Crippen molar-refractivity contribution in [3.05, 3.63) is 36.1 Å². The molecule has 17 heavy (non-hydrogen) atoms. The van der Waals surface area contributed by atoms with Crippen molar-refractivity contribution in [3.63, 3.8) is 0 Å². The number of ether oxygens (including phenoxy) is 2. The van der Waals surface area contributed by atoms with Crippen LogP contribution in [0.5, 0.6) is 5.75 Å². The second-order valence-corrected chi connectivity index (χ2v) is 3.40. The van der Waals surface area contributed by atoms with Crippen LogP contribution in [0.2, 0.25) is 0 Å². The Kier molecular flexibility index (Phi) is 5.07. The molecule has 0 saturated heterocycles. The average Bonchev–Trinajstić information content (AvgIpc) is 2.29. The zero-order valence-electron chi connectivity index (χ0n) is 10.3. The third-order valence-electron chi connectivity index (χ3n) is 2.16. The number of nitrogens with one attached hydrogen (secondary N) is 1. The Morgan fingerprint density at radius 1 is 1.47 bits per heavy atom. The van der Waals surface area contributed by atoms with Gasteiger partial charge in [0.25, 0.3) is 5.91 Å². The molecular weight excluding hydrogens is 218 g/mol. The van der Waals surface area contributed by atoms with Gasteiger partial charge in [-0.25, -0.2) is 0 Å². The molecule has 1 rings (SSSR count). The molecule has 0 bridgehead atoms. The lowest BCUT2D eigenvalue weighted by atomic mass is 10.2. The van der Waals surface area contributed by atoms with Gasteiger partial charge < -0.3 is 14.8 Å². The summed E-state index contributed by atoms with van der Waals surface area (Å²) >= 11 is 0. The molecule has 0 fully saturated rings. The van der Waals surface area contributed by atoms with E-state index in [-0.39, 0.29) is 5.91 Å². The van der Waals surface area contributed by atoms with Gasteiger partial charge in [0.15, 0.2) is 0 Å². The largest absolute Gasteiger partial charge is 0.501 e. The average molecular weight is 235 g/mol. The highest BCUT2D eigenvalue weighted by molar-refractivity contribution is 6.00. The molecule has 0 aliphatic heterocycles. The second kappa shape index (κ2) is 6.58. The Labute approximate surface area is 101 Å². The fourth-order valence-corrected chi connectivity index (χ4v) is 1.40. The number of rotatable bonds is 5. The first-order valence-electron chi connectivity index (χ1n) is 5.41. The molecule has 1 amide bonds. The summed E-state index contributed by atoms with van der Waals surface area (Å²) in [6, 6.07) is 5.57. The highest BCUT2D eigenvalue weighted by atomic mass is 16.5. The van der Waals surface area contributed by atoms with Crippen molar-refractivity contribution in [1.82, 2.24) is 0 Å². The molecule has 92 valence electrons. The van der Waals surface area contributed by atoms with Crippen molar-refractivity contribution in [2.45, 2.75) is 13.8 Å². The number of benzene rings is 1. The van der Waals surface area contributed by atoms with Crippen molar-refractivity contribution in [2.24, 2.45) is 0 Å². The van der Waals surface area contributed by atoms with E-state index >= 15 is 0 Å². The molecule has 1 N–H and O–H groups in total. The predicted octanol–water partition coefficient (Wildman–Crippen LogP) is 2.49. The molecule has 4 heteroatoms. The minimum Gasteiger partial charge on any atom is -0.501 e. The Bertz CT molecular complexity index is 413. The van der Waals surface area contributed by atoms with Gasteiger partial charge in [-0.3, -0.25) is 4.79 Å². The van der Waals surface area contributed by atoms with E-state index < -0.39 is 0 Å². The zero-order valence-corrected chi connectivity index (χ0v) is 10.3. The molecule has 4 nitrogen and oxygen atoms in total. The van der Waals surface area contributed by atoms with Crippen LogP contribution in [0.1, 0.15) is 12.5 Å². The third kappa shape index (κ3) is 3.83. The molecular formula is C13H17NO3. The van der Waals surface area contributed by atoms with Crippen molar-refractivity contribution >= 4 is 11.6 Å². The quantitative estimate of drug-likeness (QED) is 0.630. The van der Waals surface area contributed by atoms with Gasteiger partial charge in [0, 0.05) is 6.08 Å². The fourth-order valence-electron chi connectivity index (χ4n) is 1.40. The molecule has 1 aromatic carbocycles. The maximum atomic E-state index is 11.5. The smallest absolute Gasteiger partial charge is 0.251 e. The van der Waals surface area contributed by atoms with Gasteiger partial charge in [-0.1, -0.05) is 12.1 Å². The number of carbonyl (C=O) groups excluding carboxylic acids is 1. The summed E-state index contributed by atoms with van der Waals surface area (Å²) in [4.78, 5) is 11.5. The van der Waals surface area contributed by atoms with E-state index in [1.807, 2.05) is 26.0 Å². The Balaban J connectivity index is 2.74. The standard InChI is InChI=1S/C13H17NO3/c1-4-17-9-8-12(15)14-11-7-5-6-10(2)13(11)16-3/h5-9H,4H2,1-3H3,(H,14,15)/b9-8+. The maximum absolute atomic E-state index is 11.5. The van der Waals surface area contributed by atoms with E-state index in [9.17, 15) is 4.79 Å². The van der Waals surface area contributed by atoms with E-state index in [1.165, 1.54) is 12.3 Å². The van der Waals surface area contributed by atoms with Crippen molar-refractivity contribution in [1.29, 1.82) is 0 Å². The predicted molar refractivity (Wildman–Crippen MR) is 67.1 cm³/mol. The van der Waals surface area contributed by atoms with E-state index in [1.54, 1.807) is 13.2 Å². The lowest BCUT2D eigenvalue weighted by Gasteiger charge is -2.10. The van der Waals surface area contributed by atoms with Gasteiger partial charge in [0.2, 0.25) is 0 Å². The van der Waals surface area contributed by atoms with E-state index in [0.29, 0.717) is 18.0 Å². The highest BCUT2D eigenvalue weighted by Gasteiger charge is 2.07. The number of hydrogen-bond donors (Lipinski definition) is 1. The van der Waals surface area contributed by atoms with E-state index in [2.05, 4.69) is 5.32 Å². The molecule has 0 radical (unpaired) electrons. The molecule has 1 aromatic rings. The second-order valence-electron chi connectivity index (χ2n) is 3.40. The maximum Gasteiger partial charge on any atom is 0.251 e. The Hall–Kier alpha value is -1.97. The summed E-state index contributed by atoms with van der Waals surface area (Å²) in [6.45, 7) is 4.31. The van der Waals surface area contributed by atoms with Crippen molar-refractivity contribution in [2.75, 3.05) is 19.0 Å². The normalized spacial score (nSPS) is 10.3. The first-order chi connectivity index (χ1) is 8.19. The summed E-state index contributed by atoms with van der Waals surface area (Å²) in [7, 11) is 1.58. The van der Waals surface area contributed by atoms with Gasteiger partial charge in [-0.2, -0.15) is 0 Å². The molecule has 0 aromatic heterocycles. The zero-order chi connectivity index (χ0) is 12.7. The number of carbonyl (C=O) groups is 1. The van der Waals surface area contributed by atoms with Gasteiger partial charge in [-0.15, -0.1) is 0 Å². The van der Waals surface area contributed by atoms with Crippen LogP contribution in [0, 0.1) is 6.92 Å². The summed E-state index contributed by atoms with van der Waals surface area (Å²) in [6.07, 6.45) is 2.71. The van der Waals surface area contributed by atoms with Crippen LogP contribution < -0.4 is 10.1 Å². The van der Waals surface area contributed by atoms with Gasteiger partial charge in [-0.05, 0) is 25.5 Å². The summed E-state index contributed by atoms with van der Waals surface area (Å²) in [5, 5.41) is 2.73. The SMILES string of the molecule is CCO/C=C/C(=O)Nc1cccc(C)c1OC. The van der Waals surface area contributed by atoms with E-state index in [4.69, 9.17) is 9.47 Å². The van der Waals surface area contributed by atoms with Crippen LogP contribution in [-0.2, 0) is 9.53 Å². The van der Waals surface area contributed by atoms with Crippen molar-refractivity contribution < 1.29 is 14.3 Å². The minimum atomic E-state index is -0.248. The number of hydrogen-bond acceptors (Lipinski definition) is 3. The van der Waals surface area contributed by atoms with Crippen LogP contribution in [0.3, 0.4) is 0 Å². The number of para-hydroxylation sites is 1. The summed E-state index contributed by atoms with van der Waals surface area (Å²) in [5.74, 6) is 0.424. The number of methoxy groups -OCH3 is 1. The molecule has 0 saturated carbocycles. The number of aryl methyl sites for hydroxylation is 1. The molecule has 0 atom stereocenters. The van der Waals surface area contributed by atoms with Crippen molar-refractivity contribution in [3.8, 4) is 5.75 Å². The van der Waals surface area contributed by atoms with Crippen LogP contribution >= 0.6 is 0 Å². The first kappa shape index (κ1) is 13.1. The summed E-state index contributed by atoms with van der Waals surface area (Å²) < 4.78 is 10.2. The highest BCUT2D eigenvalue weighted by Crippen LogP contribution is 2.27. The first-order valence-corrected chi connectivity index (χ1v) is 5.41.